The molecule has 0 atom stereocenters. The maximum atomic E-state index is 11.3. The maximum Gasteiger partial charge on any atom is 0.337 e. The van der Waals surface area contributed by atoms with Gasteiger partial charge in [-0.15, -0.1) is 0 Å². The van der Waals surface area contributed by atoms with Gasteiger partial charge in [-0.05, 0) is 17.5 Å². The normalized spacial score (nSPS) is 11.2. The molecule has 1 aromatic carbocycles. The van der Waals surface area contributed by atoms with Crippen LogP contribution in [0.5, 0.6) is 0 Å². The van der Waals surface area contributed by atoms with Crippen LogP contribution in [0.25, 0.3) is 0 Å². The topological polar surface area (TPSA) is 78.3 Å². The molecule has 0 bridgehead atoms. The first-order valence-corrected chi connectivity index (χ1v) is 5.05. The molecule has 0 heterocycles. The minimum absolute atomic E-state index is 0.150. The highest BCUT2D eigenvalue weighted by Gasteiger charge is 2.22. The van der Waals surface area contributed by atoms with Crippen LogP contribution in [-0.4, -0.2) is 13.1 Å². The Morgan fingerprint density at radius 2 is 1.62 bits per heavy atom. The highest BCUT2D eigenvalue weighted by Crippen LogP contribution is 2.33. The number of hydrogen-bond acceptors (Lipinski definition) is 4. The van der Waals surface area contributed by atoms with Crippen molar-refractivity contribution in [3.05, 3.63) is 23.3 Å². The number of rotatable bonds is 1. The minimum atomic E-state index is -0.432. The van der Waals surface area contributed by atoms with Gasteiger partial charge in [0.1, 0.15) is 0 Å². The Kier molecular flexibility index (Phi) is 3.12. The maximum absolute atomic E-state index is 11.3. The molecule has 0 aliphatic heterocycles. The molecule has 0 saturated heterocycles. The van der Waals surface area contributed by atoms with E-state index in [9.17, 15) is 4.79 Å². The fourth-order valence-corrected chi connectivity index (χ4v) is 1.79. The predicted octanol–water partition coefficient (Wildman–Crippen LogP) is 1.94. The zero-order chi connectivity index (χ0) is 12.5. The van der Waals surface area contributed by atoms with E-state index in [1.807, 2.05) is 20.8 Å². The Balaban J connectivity index is 3.34. The molecule has 0 fully saturated rings. The van der Waals surface area contributed by atoms with Gasteiger partial charge in [0.05, 0.1) is 12.7 Å². The number of ether oxygens (including phenoxy) is 1. The van der Waals surface area contributed by atoms with Crippen LogP contribution in [0.15, 0.2) is 12.1 Å². The van der Waals surface area contributed by atoms with Crippen LogP contribution in [-0.2, 0) is 10.2 Å². The summed E-state index contributed by atoms with van der Waals surface area (Å²) in [5.74, 6) is -0.432. The molecule has 0 saturated carbocycles. The quantitative estimate of drug-likeness (QED) is 0.562. The third-order valence-corrected chi connectivity index (χ3v) is 2.37. The van der Waals surface area contributed by atoms with Crippen LogP contribution in [0, 0.1) is 0 Å². The molecule has 0 radical (unpaired) electrons. The lowest BCUT2D eigenvalue weighted by atomic mass is 9.84. The number of esters is 1. The monoisotopic (exact) mass is 222 g/mol. The van der Waals surface area contributed by atoms with Gasteiger partial charge in [0.15, 0.2) is 0 Å². The van der Waals surface area contributed by atoms with Crippen LogP contribution in [0.1, 0.15) is 36.7 Å². The number of nitrogens with two attached hydrogens (primary N) is 2. The third kappa shape index (κ3) is 2.27. The van der Waals surface area contributed by atoms with Crippen molar-refractivity contribution in [3.63, 3.8) is 0 Å². The summed E-state index contributed by atoms with van der Waals surface area (Å²) < 4.78 is 4.62. The fraction of sp³-hybridized carbons (Fsp3) is 0.417. The Morgan fingerprint density at radius 3 is 1.94 bits per heavy atom. The van der Waals surface area contributed by atoms with Crippen LogP contribution in [0.3, 0.4) is 0 Å². The van der Waals surface area contributed by atoms with Crippen molar-refractivity contribution in [1.82, 2.24) is 0 Å². The van der Waals surface area contributed by atoms with Crippen molar-refractivity contribution in [2.45, 2.75) is 26.2 Å². The van der Waals surface area contributed by atoms with Crippen LogP contribution >= 0.6 is 0 Å². The molecule has 0 aliphatic rings. The second-order valence-corrected chi connectivity index (χ2v) is 4.77. The Hall–Kier alpha value is -1.71. The van der Waals surface area contributed by atoms with Gasteiger partial charge < -0.3 is 16.2 Å². The second kappa shape index (κ2) is 4.04. The zero-order valence-electron chi connectivity index (χ0n) is 10.1. The van der Waals surface area contributed by atoms with E-state index in [2.05, 4.69) is 4.74 Å². The van der Waals surface area contributed by atoms with E-state index in [1.54, 1.807) is 12.1 Å². The largest absolute Gasteiger partial charge is 0.465 e. The molecule has 88 valence electrons. The fourth-order valence-electron chi connectivity index (χ4n) is 1.79. The summed E-state index contributed by atoms with van der Waals surface area (Å²) in [5.41, 5.74) is 14.0. The summed E-state index contributed by atoms with van der Waals surface area (Å²) in [6.45, 7) is 6.06. The summed E-state index contributed by atoms with van der Waals surface area (Å²) >= 11 is 0. The van der Waals surface area contributed by atoms with Crippen LogP contribution in [0.2, 0.25) is 0 Å². The molecule has 1 aromatic rings. The van der Waals surface area contributed by atoms with Gasteiger partial charge in [0.25, 0.3) is 0 Å². The summed E-state index contributed by atoms with van der Waals surface area (Å²) in [4.78, 5) is 11.3. The molecular weight excluding hydrogens is 204 g/mol. The first-order chi connectivity index (χ1) is 7.27. The number of nitrogen functional groups attached to an aromatic ring is 2. The van der Waals surface area contributed by atoms with Gasteiger partial charge in [-0.3, -0.25) is 0 Å². The van der Waals surface area contributed by atoms with E-state index in [0.717, 1.165) is 5.56 Å². The molecule has 4 heteroatoms. The Labute approximate surface area is 95.6 Å². The molecule has 0 aromatic heterocycles. The molecule has 0 spiro atoms. The molecule has 0 aliphatic carbocycles. The Bertz CT molecular complexity index is 397. The average molecular weight is 222 g/mol. The first kappa shape index (κ1) is 12.4. The van der Waals surface area contributed by atoms with Crippen molar-refractivity contribution in [2.24, 2.45) is 0 Å². The average Bonchev–Trinajstić information content (AvgIpc) is 2.13. The molecule has 4 N–H and O–H groups in total. The lowest BCUT2D eigenvalue weighted by Gasteiger charge is -2.23. The Morgan fingerprint density at radius 1 is 1.19 bits per heavy atom. The lowest BCUT2D eigenvalue weighted by Crippen LogP contribution is -2.18. The molecule has 0 amide bonds. The highest BCUT2D eigenvalue weighted by molar-refractivity contribution is 5.92. The molecule has 1 rings (SSSR count). The van der Waals surface area contributed by atoms with Gasteiger partial charge in [-0.1, -0.05) is 20.8 Å². The number of methoxy groups -OCH3 is 1. The third-order valence-electron chi connectivity index (χ3n) is 2.37. The van der Waals surface area contributed by atoms with Gasteiger partial charge in [-0.25, -0.2) is 4.79 Å². The summed E-state index contributed by atoms with van der Waals surface area (Å²) in [5, 5.41) is 0. The van der Waals surface area contributed by atoms with Gasteiger partial charge >= 0.3 is 5.97 Å². The van der Waals surface area contributed by atoms with Gasteiger partial charge in [0.2, 0.25) is 0 Å². The van der Waals surface area contributed by atoms with E-state index in [1.165, 1.54) is 7.11 Å². The van der Waals surface area contributed by atoms with Gasteiger partial charge in [0, 0.05) is 16.9 Å². The van der Waals surface area contributed by atoms with Gasteiger partial charge in [-0.2, -0.15) is 0 Å². The number of anilines is 2. The van der Waals surface area contributed by atoms with E-state index in [4.69, 9.17) is 11.5 Å². The van der Waals surface area contributed by atoms with Crippen molar-refractivity contribution in [1.29, 1.82) is 0 Å². The smallest absolute Gasteiger partial charge is 0.337 e. The van der Waals surface area contributed by atoms with Crippen LogP contribution < -0.4 is 11.5 Å². The first-order valence-electron chi connectivity index (χ1n) is 5.05. The summed E-state index contributed by atoms with van der Waals surface area (Å²) in [7, 11) is 1.33. The number of carbonyl (C=O) groups excluding carboxylic acids is 1. The summed E-state index contributed by atoms with van der Waals surface area (Å²) in [6, 6.07) is 3.20. The zero-order valence-corrected chi connectivity index (χ0v) is 10.1. The molecule has 0 unspecified atom stereocenters. The second-order valence-electron chi connectivity index (χ2n) is 4.77. The number of carbonyl (C=O) groups is 1. The number of hydrogen-bond donors (Lipinski definition) is 2. The molecular formula is C12H18N2O2. The summed E-state index contributed by atoms with van der Waals surface area (Å²) in [6.07, 6.45) is 0. The minimum Gasteiger partial charge on any atom is -0.465 e. The molecule has 4 nitrogen and oxygen atoms in total. The van der Waals surface area contributed by atoms with Crippen molar-refractivity contribution in [3.8, 4) is 0 Å². The van der Waals surface area contributed by atoms with Crippen molar-refractivity contribution in [2.75, 3.05) is 18.6 Å². The van der Waals surface area contributed by atoms with E-state index >= 15 is 0 Å². The predicted molar refractivity (Wildman–Crippen MR) is 65.3 cm³/mol. The number of benzene rings is 1. The van der Waals surface area contributed by atoms with E-state index in [0.29, 0.717) is 16.9 Å². The highest BCUT2D eigenvalue weighted by atomic mass is 16.5. The van der Waals surface area contributed by atoms with E-state index in [-0.39, 0.29) is 5.41 Å². The van der Waals surface area contributed by atoms with Crippen LogP contribution in [0.4, 0.5) is 11.4 Å². The van der Waals surface area contributed by atoms with Crippen molar-refractivity contribution < 1.29 is 9.53 Å². The standard InChI is InChI=1S/C12H18N2O2/c1-12(2,3)10-8(13)5-7(6-9(10)14)11(15)16-4/h5-6H,13-14H2,1-4H3. The SMILES string of the molecule is COC(=O)c1cc(N)c(C(C)(C)C)c(N)c1. The van der Waals surface area contributed by atoms with E-state index < -0.39 is 5.97 Å². The lowest BCUT2D eigenvalue weighted by molar-refractivity contribution is 0.0601. The molecule has 16 heavy (non-hydrogen) atoms. The van der Waals surface area contributed by atoms with Crippen molar-refractivity contribution >= 4 is 17.3 Å².